The number of carbonyl (C=O) groups is 1. The van der Waals surface area contributed by atoms with Crippen LogP contribution in [0.3, 0.4) is 0 Å². The van der Waals surface area contributed by atoms with Crippen molar-refractivity contribution in [2.75, 3.05) is 13.1 Å². The number of H-pyrrole nitrogens is 1. The predicted octanol–water partition coefficient (Wildman–Crippen LogP) is 0.941. The molecule has 2 N–H and O–H groups in total. The molecule has 0 spiro atoms. The first-order chi connectivity index (χ1) is 12.5. The van der Waals surface area contributed by atoms with Gasteiger partial charge in [0.05, 0.1) is 6.20 Å². The smallest absolute Gasteiger partial charge is 0.407 e. The molecule has 0 aliphatic carbocycles. The second-order valence-corrected chi connectivity index (χ2v) is 5.95. The van der Waals surface area contributed by atoms with E-state index in [1.165, 1.54) is 21.7 Å². The van der Waals surface area contributed by atoms with Crippen LogP contribution in [-0.4, -0.2) is 48.1 Å². The summed E-state index contributed by atoms with van der Waals surface area (Å²) in [5.74, 6) is 0.516. The SMILES string of the molecule is O=C(O)N1CC=C(c2ccn3c(-n4ccc(=O)[nH]c4=O)cnc3c2)CC1. The van der Waals surface area contributed by atoms with Gasteiger partial charge in [-0.05, 0) is 29.7 Å². The minimum Gasteiger partial charge on any atom is -0.465 e. The van der Waals surface area contributed by atoms with Crippen LogP contribution in [0.15, 0.2) is 52.5 Å². The third-order valence-electron chi connectivity index (χ3n) is 4.41. The second kappa shape index (κ2) is 6.03. The predicted molar refractivity (Wildman–Crippen MR) is 93.6 cm³/mol. The van der Waals surface area contributed by atoms with Gasteiger partial charge in [0.15, 0.2) is 0 Å². The summed E-state index contributed by atoms with van der Waals surface area (Å²) in [6.45, 7) is 0.821. The van der Waals surface area contributed by atoms with Crippen molar-refractivity contribution in [3.8, 4) is 5.82 Å². The zero-order chi connectivity index (χ0) is 18.3. The van der Waals surface area contributed by atoms with Gasteiger partial charge in [-0.1, -0.05) is 6.08 Å². The quantitative estimate of drug-likeness (QED) is 0.712. The van der Waals surface area contributed by atoms with Crippen LogP contribution < -0.4 is 11.2 Å². The van der Waals surface area contributed by atoms with Crippen molar-refractivity contribution >= 4 is 17.3 Å². The van der Waals surface area contributed by atoms with Crippen LogP contribution in [0.1, 0.15) is 12.0 Å². The van der Waals surface area contributed by atoms with Crippen molar-refractivity contribution in [3.05, 3.63) is 69.3 Å². The fraction of sp³-hybridized carbons (Fsp3) is 0.176. The summed E-state index contributed by atoms with van der Waals surface area (Å²) in [5.41, 5.74) is 1.69. The van der Waals surface area contributed by atoms with E-state index in [-0.39, 0.29) is 0 Å². The number of aromatic amines is 1. The molecule has 0 aromatic carbocycles. The lowest BCUT2D eigenvalue weighted by atomic mass is 10.0. The molecule has 0 unspecified atom stereocenters. The fourth-order valence-corrected chi connectivity index (χ4v) is 3.05. The van der Waals surface area contributed by atoms with Crippen LogP contribution >= 0.6 is 0 Å². The molecule has 0 fully saturated rings. The molecular formula is C17H15N5O4. The van der Waals surface area contributed by atoms with E-state index in [1.807, 2.05) is 18.2 Å². The van der Waals surface area contributed by atoms with Gasteiger partial charge in [-0.3, -0.25) is 18.7 Å². The zero-order valence-corrected chi connectivity index (χ0v) is 13.6. The standard InChI is InChI=1S/C17H15N5O4/c23-14-4-8-22(16(24)19-14)15-10-18-13-9-12(3-7-21(13)15)11-1-5-20(6-2-11)17(25)26/h1,3-4,7-10H,2,5-6H2,(H,25,26)(H,19,23,24). The molecule has 1 aliphatic heterocycles. The molecule has 132 valence electrons. The van der Waals surface area contributed by atoms with Crippen molar-refractivity contribution in [1.29, 1.82) is 0 Å². The average Bonchev–Trinajstić information content (AvgIpc) is 3.05. The van der Waals surface area contributed by atoms with Gasteiger partial charge in [0, 0.05) is 31.5 Å². The number of pyridine rings is 1. The third-order valence-corrected chi connectivity index (χ3v) is 4.41. The monoisotopic (exact) mass is 353 g/mol. The topological polar surface area (TPSA) is 113 Å². The normalized spacial score (nSPS) is 14.5. The van der Waals surface area contributed by atoms with Crippen LogP contribution in [0.25, 0.3) is 17.0 Å². The van der Waals surface area contributed by atoms with Crippen molar-refractivity contribution in [2.24, 2.45) is 0 Å². The average molecular weight is 353 g/mol. The Kier molecular flexibility index (Phi) is 3.68. The van der Waals surface area contributed by atoms with Gasteiger partial charge < -0.3 is 10.0 Å². The lowest BCUT2D eigenvalue weighted by Crippen LogP contribution is -2.33. The number of imidazole rings is 1. The Bertz CT molecular complexity index is 1150. The summed E-state index contributed by atoms with van der Waals surface area (Å²) >= 11 is 0. The van der Waals surface area contributed by atoms with E-state index < -0.39 is 17.3 Å². The molecule has 0 bridgehead atoms. The molecule has 4 heterocycles. The molecule has 4 rings (SSSR count). The molecule has 0 saturated heterocycles. The molecule has 3 aromatic rings. The minimum atomic E-state index is -0.917. The van der Waals surface area contributed by atoms with Gasteiger partial charge in [-0.25, -0.2) is 14.6 Å². The summed E-state index contributed by atoms with van der Waals surface area (Å²) in [6, 6.07) is 5.07. The largest absolute Gasteiger partial charge is 0.465 e. The molecule has 3 aromatic heterocycles. The summed E-state index contributed by atoms with van der Waals surface area (Å²) in [7, 11) is 0. The summed E-state index contributed by atoms with van der Waals surface area (Å²) in [6.07, 6.45) is 6.38. The van der Waals surface area contributed by atoms with E-state index in [0.717, 1.165) is 11.1 Å². The zero-order valence-electron chi connectivity index (χ0n) is 13.6. The first-order valence-corrected chi connectivity index (χ1v) is 8.00. The van der Waals surface area contributed by atoms with E-state index in [4.69, 9.17) is 5.11 Å². The van der Waals surface area contributed by atoms with E-state index in [9.17, 15) is 14.4 Å². The van der Waals surface area contributed by atoms with Crippen LogP contribution in [0.5, 0.6) is 0 Å². The Hall–Kier alpha value is -3.62. The van der Waals surface area contributed by atoms with Crippen LogP contribution in [0, 0.1) is 0 Å². The molecule has 0 radical (unpaired) electrons. The number of nitrogens with one attached hydrogen (secondary N) is 1. The van der Waals surface area contributed by atoms with Crippen molar-refractivity contribution in [2.45, 2.75) is 6.42 Å². The third kappa shape index (κ3) is 2.69. The molecule has 26 heavy (non-hydrogen) atoms. The summed E-state index contributed by atoms with van der Waals surface area (Å²) < 4.78 is 3.06. The van der Waals surface area contributed by atoms with Gasteiger partial charge in [0.2, 0.25) is 0 Å². The van der Waals surface area contributed by atoms with Crippen molar-refractivity contribution < 1.29 is 9.90 Å². The Balaban J connectivity index is 1.71. The number of carboxylic acid groups (broad SMARTS) is 1. The number of nitrogens with zero attached hydrogens (tertiary/aromatic N) is 4. The number of fused-ring (bicyclic) bond motifs is 1. The molecule has 1 amide bonds. The first-order valence-electron chi connectivity index (χ1n) is 8.00. The Morgan fingerprint density at radius 1 is 1.23 bits per heavy atom. The lowest BCUT2D eigenvalue weighted by molar-refractivity contribution is 0.150. The summed E-state index contributed by atoms with van der Waals surface area (Å²) in [5, 5.41) is 9.02. The number of amides is 1. The Morgan fingerprint density at radius 2 is 2.08 bits per heavy atom. The highest BCUT2D eigenvalue weighted by molar-refractivity contribution is 5.72. The van der Waals surface area contributed by atoms with Crippen molar-refractivity contribution in [3.63, 3.8) is 0 Å². The molecule has 9 nitrogen and oxygen atoms in total. The fourth-order valence-electron chi connectivity index (χ4n) is 3.05. The first kappa shape index (κ1) is 15.9. The minimum absolute atomic E-state index is 0.363. The number of rotatable bonds is 2. The van der Waals surface area contributed by atoms with Gasteiger partial charge in [-0.15, -0.1) is 0 Å². The van der Waals surface area contributed by atoms with E-state index in [1.54, 1.807) is 16.8 Å². The van der Waals surface area contributed by atoms with Crippen LogP contribution in [-0.2, 0) is 0 Å². The van der Waals surface area contributed by atoms with E-state index >= 15 is 0 Å². The Labute approximate surface area is 146 Å². The molecule has 0 atom stereocenters. The molecule has 1 aliphatic rings. The van der Waals surface area contributed by atoms with Gasteiger partial charge in [0.25, 0.3) is 5.56 Å². The molecule has 0 saturated carbocycles. The number of hydrogen-bond donors (Lipinski definition) is 2. The van der Waals surface area contributed by atoms with Gasteiger partial charge in [0.1, 0.15) is 11.5 Å². The molecule has 9 heteroatoms. The number of aromatic nitrogens is 4. The van der Waals surface area contributed by atoms with E-state index in [2.05, 4.69) is 9.97 Å². The second-order valence-electron chi connectivity index (χ2n) is 5.95. The lowest BCUT2D eigenvalue weighted by Gasteiger charge is -2.23. The van der Waals surface area contributed by atoms with E-state index in [0.29, 0.717) is 31.0 Å². The van der Waals surface area contributed by atoms with Gasteiger partial charge in [-0.2, -0.15) is 0 Å². The van der Waals surface area contributed by atoms with Crippen LogP contribution in [0.2, 0.25) is 0 Å². The maximum atomic E-state index is 12.0. The van der Waals surface area contributed by atoms with Crippen LogP contribution in [0.4, 0.5) is 4.79 Å². The Morgan fingerprint density at radius 3 is 2.77 bits per heavy atom. The number of hydrogen-bond acceptors (Lipinski definition) is 4. The summed E-state index contributed by atoms with van der Waals surface area (Å²) in [4.78, 5) is 42.1. The maximum absolute atomic E-state index is 12.0. The highest BCUT2D eigenvalue weighted by Gasteiger charge is 2.17. The highest BCUT2D eigenvalue weighted by atomic mass is 16.4. The maximum Gasteiger partial charge on any atom is 0.407 e. The van der Waals surface area contributed by atoms with Crippen molar-refractivity contribution in [1.82, 2.24) is 23.8 Å². The highest BCUT2D eigenvalue weighted by Crippen LogP contribution is 2.24. The van der Waals surface area contributed by atoms with Gasteiger partial charge >= 0.3 is 11.8 Å². The molecular weight excluding hydrogens is 338 g/mol.